The van der Waals surface area contributed by atoms with Gasteiger partial charge in [-0.2, -0.15) is 0 Å². The minimum Gasteiger partial charge on any atom is -0.329 e. The number of hydrogen-bond acceptors (Lipinski definition) is 2. The minimum absolute atomic E-state index is 0. The smallest absolute Gasteiger partial charge is 0.0955 e. The molecule has 1 N–H and O–H groups in total. The molecule has 0 saturated heterocycles. The fourth-order valence-corrected chi connectivity index (χ4v) is 2.19. The molecule has 17 heavy (non-hydrogen) atoms. The molecule has 1 aliphatic rings. The van der Waals surface area contributed by atoms with Gasteiger partial charge >= 0.3 is 0 Å². The van der Waals surface area contributed by atoms with Crippen LogP contribution in [0.15, 0.2) is 36.7 Å². The molecule has 0 unspecified atom stereocenters. The first-order chi connectivity index (χ1) is 7.93. The molecule has 0 radical (unpaired) electrons. The van der Waals surface area contributed by atoms with Gasteiger partial charge in [0.1, 0.15) is 0 Å². The van der Waals surface area contributed by atoms with Crippen LogP contribution in [0.1, 0.15) is 17.0 Å². The third-order valence-electron chi connectivity index (χ3n) is 3.06. The first-order valence-electron chi connectivity index (χ1n) is 5.71. The summed E-state index contributed by atoms with van der Waals surface area (Å²) in [7, 11) is 0. The second kappa shape index (κ2) is 5.34. The fourth-order valence-electron chi connectivity index (χ4n) is 2.19. The maximum absolute atomic E-state index is 4.48. The number of imidazole rings is 1. The quantitative estimate of drug-likeness (QED) is 0.882. The van der Waals surface area contributed by atoms with E-state index in [4.69, 9.17) is 0 Å². The third kappa shape index (κ3) is 2.51. The van der Waals surface area contributed by atoms with Crippen molar-refractivity contribution < 1.29 is 0 Å². The molecule has 2 heterocycles. The lowest BCUT2D eigenvalue weighted by molar-refractivity contribution is 0.595. The van der Waals surface area contributed by atoms with Gasteiger partial charge in [0.05, 0.1) is 17.7 Å². The predicted molar refractivity (Wildman–Crippen MR) is 70.4 cm³/mol. The normalized spacial score (nSPS) is 13.9. The summed E-state index contributed by atoms with van der Waals surface area (Å²) in [4.78, 5) is 4.48. The Hall–Kier alpha value is -1.32. The van der Waals surface area contributed by atoms with Gasteiger partial charge in [-0.1, -0.05) is 30.3 Å². The minimum atomic E-state index is 0. The molecule has 0 spiro atoms. The first kappa shape index (κ1) is 12.1. The summed E-state index contributed by atoms with van der Waals surface area (Å²) in [6.45, 7) is 2.92. The van der Waals surface area contributed by atoms with Gasteiger partial charge in [0.25, 0.3) is 0 Å². The maximum atomic E-state index is 4.48. The van der Waals surface area contributed by atoms with Gasteiger partial charge in [0.2, 0.25) is 0 Å². The zero-order valence-electron chi connectivity index (χ0n) is 9.60. The highest BCUT2D eigenvalue weighted by Gasteiger charge is 2.14. The van der Waals surface area contributed by atoms with Crippen LogP contribution < -0.4 is 5.32 Å². The Labute approximate surface area is 107 Å². The van der Waals surface area contributed by atoms with Crippen LogP contribution in [0.25, 0.3) is 0 Å². The van der Waals surface area contributed by atoms with Crippen molar-refractivity contribution in [2.45, 2.75) is 19.5 Å². The molecule has 0 fully saturated rings. The highest BCUT2D eigenvalue weighted by atomic mass is 35.5. The van der Waals surface area contributed by atoms with E-state index in [-0.39, 0.29) is 12.4 Å². The molecule has 1 aromatic heterocycles. The molecule has 4 heteroatoms. The van der Waals surface area contributed by atoms with Gasteiger partial charge in [-0.25, -0.2) is 4.98 Å². The summed E-state index contributed by atoms with van der Waals surface area (Å²) < 4.78 is 2.25. The van der Waals surface area contributed by atoms with Crippen LogP contribution in [0.3, 0.4) is 0 Å². The molecular formula is C13H16ClN3. The first-order valence-corrected chi connectivity index (χ1v) is 5.71. The van der Waals surface area contributed by atoms with E-state index in [0.29, 0.717) is 0 Å². The second-order valence-corrected chi connectivity index (χ2v) is 4.18. The van der Waals surface area contributed by atoms with E-state index in [0.717, 1.165) is 26.1 Å². The Morgan fingerprint density at radius 1 is 1.24 bits per heavy atom. The molecule has 0 atom stereocenters. The number of nitrogens with zero attached hydrogens (tertiary/aromatic N) is 2. The van der Waals surface area contributed by atoms with Crippen LogP contribution in [0.2, 0.25) is 0 Å². The van der Waals surface area contributed by atoms with Gasteiger partial charge in [-0.15, -0.1) is 12.4 Å². The van der Waals surface area contributed by atoms with E-state index >= 15 is 0 Å². The number of aromatic nitrogens is 2. The molecule has 3 nitrogen and oxygen atoms in total. The maximum Gasteiger partial charge on any atom is 0.0955 e. The third-order valence-corrected chi connectivity index (χ3v) is 3.06. The topological polar surface area (TPSA) is 29.9 Å². The average molecular weight is 250 g/mol. The molecule has 0 aliphatic carbocycles. The Morgan fingerprint density at radius 3 is 2.88 bits per heavy atom. The Balaban J connectivity index is 0.00000108. The van der Waals surface area contributed by atoms with Crippen molar-refractivity contribution in [2.75, 3.05) is 6.54 Å². The number of fused-ring (bicyclic) bond motifs is 1. The highest BCUT2D eigenvalue weighted by Crippen LogP contribution is 2.13. The largest absolute Gasteiger partial charge is 0.329 e. The molecule has 3 rings (SSSR count). The van der Waals surface area contributed by atoms with Crippen molar-refractivity contribution in [3.8, 4) is 0 Å². The van der Waals surface area contributed by atoms with Crippen molar-refractivity contribution >= 4 is 12.4 Å². The molecule has 1 aromatic carbocycles. The van der Waals surface area contributed by atoms with E-state index in [1.54, 1.807) is 0 Å². The van der Waals surface area contributed by atoms with Gasteiger partial charge in [0.15, 0.2) is 0 Å². The van der Waals surface area contributed by atoms with Crippen LogP contribution >= 0.6 is 12.4 Å². The van der Waals surface area contributed by atoms with Crippen molar-refractivity contribution in [2.24, 2.45) is 0 Å². The molecule has 90 valence electrons. The van der Waals surface area contributed by atoms with E-state index in [1.165, 1.54) is 17.0 Å². The lowest BCUT2D eigenvalue weighted by Gasteiger charge is -2.15. The number of halogens is 1. The van der Waals surface area contributed by atoms with E-state index in [1.807, 2.05) is 6.33 Å². The lowest BCUT2D eigenvalue weighted by atomic mass is 10.1. The monoisotopic (exact) mass is 249 g/mol. The van der Waals surface area contributed by atoms with Crippen LogP contribution in [-0.2, 0) is 19.5 Å². The van der Waals surface area contributed by atoms with E-state index in [2.05, 4.69) is 45.2 Å². The Morgan fingerprint density at radius 2 is 2.06 bits per heavy atom. The number of benzene rings is 1. The van der Waals surface area contributed by atoms with Crippen molar-refractivity contribution in [1.29, 1.82) is 0 Å². The fraction of sp³-hybridized carbons (Fsp3) is 0.308. The van der Waals surface area contributed by atoms with E-state index in [9.17, 15) is 0 Å². The van der Waals surface area contributed by atoms with Crippen LogP contribution in [0.4, 0.5) is 0 Å². The molecule has 0 saturated carbocycles. The Kier molecular flexibility index (Phi) is 3.82. The van der Waals surface area contributed by atoms with Crippen LogP contribution in [0.5, 0.6) is 0 Å². The second-order valence-electron chi connectivity index (χ2n) is 4.18. The summed E-state index contributed by atoms with van der Waals surface area (Å²) in [6.07, 6.45) is 3.02. The standard InChI is InChI=1S/C13H15N3.ClH/c1-2-4-11(5-3-1)9-16-10-15-12-6-7-14-8-13(12)16;/h1-5,10,14H,6-9H2;1H. The zero-order valence-corrected chi connectivity index (χ0v) is 10.4. The van der Waals surface area contributed by atoms with Gasteiger partial charge in [-0.05, 0) is 5.56 Å². The van der Waals surface area contributed by atoms with Crippen molar-refractivity contribution in [3.63, 3.8) is 0 Å². The molecule has 2 aromatic rings. The molecule has 0 bridgehead atoms. The highest BCUT2D eigenvalue weighted by molar-refractivity contribution is 5.85. The average Bonchev–Trinajstić information content (AvgIpc) is 2.74. The summed E-state index contributed by atoms with van der Waals surface area (Å²) in [6, 6.07) is 10.5. The number of nitrogens with one attached hydrogen (secondary N) is 1. The van der Waals surface area contributed by atoms with Gasteiger partial charge in [-0.3, -0.25) is 0 Å². The van der Waals surface area contributed by atoms with Crippen molar-refractivity contribution in [3.05, 3.63) is 53.6 Å². The van der Waals surface area contributed by atoms with Crippen LogP contribution in [-0.4, -0.2) is 16.1 Å². The summed E-state index contributed by atoms with van der Waals surface area (Å²) in [5.74, 6) is 0. The SMILES string of the molecule is Cl.c1ccc(Cn2cnc3c2CNCC3)cc1. The summed E-state index contributed by atoms with van der Waals surface area (Å²) in [5, 5.41) is 3.39. The molecule has 0 amide bonds. The van der Waals surface area contributed by atoms with Crippen molar-refractivity contribution in [1.82, 2.24) is 14.9 Å². The summed E-state index contributed by atoms with van der Waals surface area (Å²) >= 11 is 0. The van der Waals surface area contributed by atoms with Gasteiger partial charge in [0, 0.05) is 26.1 Å². The number of hydrogen-bond donors (Lipinski definition) is 1. The Bertz CT molecular complexity index is 479. The predicted octanol–water partition coefficient (Wildman–Crippen LogP) is 2.00. The summed E-state index contributed by atoms with van der Waals surface area (Å²) in [5.41, 5.74) is 3.93. The van der Waals surface area contributed by atoms with E-state index < -0.39 is 0 Å². The van der Waals surface area contributed by atoms with Crippen LogP contribution in [0, 0.1) is 0 Å². The molecular weight excluding hydrogens is 234 g/mol. The van der Waals surface area contributed by atoms with Gasteiger partial charge < -0.3 is 9.88 Å². The molecule has 1 aliphatic heterocycles. The lowest BCUT2D eigenvalue weighted by Crippen LogP contribution is -2.25. The number of rotatable bonds is 2. The zero-order chi connectivity index (χ0) is 10.8.